The Hall–Kier alpha value is -0.570. The molecule has 3 N–H and O–H groups in total. The lowest BCUT2D eigenvalue weighted by molar-refractivity contribution is -0.126. The quantitative estimate of drug-likeness (QED) is 0.812. The Kier molecular flexibility index (Phi) is 3.83. The molecule has 4 saturated carbocycles. The molecule has 0 aromatic rings. The molecule has 3 heteroatoms. The summed E-state index contributed by atoms with van der Waals surface area (Å²) in [5.74, 6) is 3.33. The van der Waals surface area contributed by atoms with Gasteiger partial charge in [0.05, 0.1) is 0 Å². The van der Waals surface area contributed by atoms with E-state index in [2.05, 4.69) is 19.2 Å². The van der Waals surface area contributed by atoms with Crippen LogP contribution >= 0.6 is 0 Å². The highest BCUT2D eigenvalue weighted by Crippen LogP contribution is 2.61. The summed E-state index contributed by atoms with van der Waals surface area (Å²) >= 11 is 0. The highest BCUT2D eigenvalue weighted by molar-refractivity contribution is 5.76. The molecule has 1 amide bonds. The maximum Gasteiger partial charge on any atom is 0.220 e. The van der Waals surface area contributed by atoms with Crippen molar-refractivity contribution in [2.24, 2.45) is 34.8 Å². The first-order valence-corrected chi connectivity index (χ1v) is 8.50. The normalized spacial score (nSPS) is 41.5. The first-order valence-electron chi connectivity index (χ1n) is 8.50. The fourth-order valence-corrected chi connectivity index (χ4v) is 5.56. The first-order chi connectivity index (χ1) is 9.50. The standard InChI is InChI=1S/C17H30N2O/c1-11(10-18)3-16(20)19-12(2)17-7-13-4-14(8-17)6-15(5-13)9-17/h11-15H,3-10,18H2,1-2H3,(H,19,20). The zero-order valence-corrected chi connectivity index (χ0v) is 13.0. The molecule has 0 spiro atoms. The monoisotopic (exact) mass is 278 g/mol. The lowest BCUT2D eigenvalue weighted by Crippen LogP contribution is -2.56. The zero-order chi connectivity index (χ0) is 14.3. The Morgan fingerprint density at radius 1 is 1.15 bits per heavy atom. The number of rotatable bonds is 5. The Labute approximate surface area is 123 Å². The summed E-state index contributed by atoms with van der Waals surface area (Å²) in [6, 6.07) is 0.341. The molecule has 2 unspecified atom stereocenters. The Morgan fingerprint density at radius 2 is 1.65 bits per heavy atom. The van der Waals surface area contributed by atoms with Crippen LogP contribution in [0.5, 0.6) is 0 Å². The number of carbonyl (C=O) groups is 1. The van der Waals surface area contributed by atoms with Crippen molar-refractivity contribution in [1.29, 1.82) is 0 Å². The third kappa shape index (κ3) is 2.61. The highest BCUT2D eigenvalue weighted by Gasteiger charge is 2.53. The first kappa shape index (κ1) is 14.4. The van der Waals surface area contributed by atoms with Gasteiger partial charge in [0, 0.05) is 12.5 Å². The largest absolute Gasteiger partial charge is 0.353 e. The second kappa shape index (κ2) is 5.32. The third-order valence-electron chi connectivity index (χ3n) is 6.32. The predicted molar refractivity (Wildman–Crippen MR) is 81.0 cm³/mol. The van der Waals surface area contributed by atoms with Gasteiger partial charge < -0.3 is 11.1 Å². The topological polar surface area (TPSA) is 55.1 Å². The smallest absolute Gasteiger partial charge is 0.220 e. The fourth-order valence-electron chi connectivity index (χ4n) is 5.56. The molecule has 0 aromatic heterocycles. The summed E-state index contributed by atoms with van der Waals surface area (Å²) in [6.45, 7) is 4.90. The molecular weight excluding hydrogens is 248 g/mol. The average Bonchev–Trinajstić information content (AvgIpc) is 2.36. The fraction of sp³-hybridized carbons (Fsp3) is 0.941. The second-order valence-corrected chi connectivity index (χ2v) is 8.11. The number of nitrogens with one attached hydrogen (secondary N) is 1. The van der Waals surface area contributed by atoms with Gasteiger partial charge in [-0.05, 0) is 81.1 Å². The van der Waals surface area contributed by atoms with Crippen molar-refractivity contribution < 1.29 is 4.79 Å². The molecule has 4 aliphatic rings. The van der Waals surface area contributed by atoms with Crippen LogP contribution in [-0.2, 0) is 4.79 Å². The minimum atomic E-state index is 0.200. The summed E-state index contributed by atoms with van der Waals surface area (Å²) in [4.78, 5) is 12.1. The minimum absolute atomic E-state index is 0.200. The van der Waals surface area contributed by atoms with Crippen molar-refractivity contribution in [2.45, 2.75) is 64.8 Å². The maximum atomic E-state index is 12.1. The van der Waals surface area contributed by atoms with E-state index in [0.29, 0.717) is 30.3 Å². The van der Waals surface area contributed by atoms with E-state index < -0.39 is 0 Å². The summed E-state index contributed by atoms with van der Waals surface area (Å²) in [5.41, 5.74) is 6.03. The van der Waals surface area contributed by atoms with Gasteiger partial charge in [-0.3, -0.25) is 4.79 Å². The van der Waals surface area contributed by atoms with E-state index in [1.165, 1.54) is 38.5 Å². The van der Waals surface area contributed by atoms with E-state index in [0.717, 1.165) is 17.8 Å². The Balaban J connectivity index is 1.62. The van der Waals surface area contributed by atoms with E-state index in [1.807, 2.05) is 0 Å². The molecule has 114 valence electrons. The number of amides is 1. The van der Waals surface area contributed by atoms with Gasteiger partial charge in [-0.1, -0.05) is 6.92 Å². The summed E-state index contributed by atoms with van der Waals surface area (Å²) in [5, 5.41) is 3.31. The van der Waals surface area contributed by atoms with Gasteiger partial charge in [0.1, 0.15) is 0 Å². The van der Waals surface area contributed by atoms with Crippen LogP contribution in [0.2, 0.25) is 0 Å². The van der Waals surface area contributed by atoms with Crippen molar-refractivity contribution in [3.05, 3.63) is 0 Å². The number of hydrogen-bond donors (Lipinski definition) is 2. The molecule has 0 radical (unpaired) electrons. The van der Waals surface area contributed by atoms with Crippen molar-refractivity contribution in [2.75, 3.05) is 6.54 Å². The van der Waals surface area contributed by atoms with Gasteiger partial charge in [0.2, 0.25) is 5.91 Å². The third-order valence-corrected chi connectivity index (χ3v) is 6.32. The molecule has 0 heterocycles. The molecule has 0 aromatic carbocycles. The predicted octanol–water partition coefficient (Wildman–Crippen LogP) is 2.69. The molecule has 0 saturated heterocycles. The highest BCUT2D eigenvalue weighted by atomic mass is 16.1. The minimum Gasteiger partial charge on any atom is -0.353 e. The van der Waals surface area contributed by atoms with Crippen molar-refractivity contribution in [3.8, 4) is 0 Å². The SMILES string of the molecule is CC(CN)CC(=O)NC(C)C12CC3CC(CC(C3)C1)C2. The van der Waals surface area contributed by atoms with Crippen molar-refractivity contribution in [3.63, 3.8) is 0 Å². The van der Waals surface area contributed by atoms with Gasteiger partial charge in [0.15, 0.2) is 0 Å². The van der Waals surface area contributed by atoms with E-state index >= 15 is 0 Å². The van der Waals surface area contributed by atoms with Crippen LogP contribution in [0.15, 0.2) is 0 Å². The molecule has 4 fully saturated rings. The van der Waals surface area contributed by atoms with Gasteiger partial charge in [-0.2, -0.15) is 0 Å². The number of hydrogen-bond acceptors (Lipinski definition) is 2. The van der Waals surface area contributed by atoms with Crippen molar-refractivity contribution in [1.82, 2.24) is 5.32 Å². The number of nitrogens with two attached hydrogens (primary N) is 1. The number of carbonyl (C=O) groups excluding carboxylic acids is 1. The average molecular weight is 278 g/mol. The van der Waals surface area contributed by atoms with Crippen LogP contribution in [0.1, 0.15) is 58.8 Å². The molecule has 4 aliphatic carbocycles. The van der Waals surface area contributed by atoms with Gasteiger partial charge in [-0.25, -0.2) is 0 Å². The molecule has 2 atom stereocenters. The summed E-state index contributed by atoms with van der Waals surface area (Å²) in [6.07, 6.45) is 9.03. The van der Waals surface area contributed by atoms with Crippen molar-refractivity contribution >= 4 is 5.91 Å². The second-order valence-electron chi connectivity index (χ2n) is 8.11. The van der Waals surface area contributed by atoms with E-state index in [4.69, 9.17) is 5.73 Å². The van der Waals surface area contributed by atoms with Gasteiger partial charge in [-0.15, -0.1) is 0 Å². The van der Waals surface area contributed by atoms with E-state index in [-0.39, 0.29) is 5.91 Å². The lowest BCUT2D eigenvalue weighted by atomic mass is 9.48. The molecular formula is C17H30N2O. The maximum absolute atomic E-state index is 12.1. The molecule has 3 nitrogen and oxygen atoms in total. The van der Waals surface area contributed by atoms with Crippen LogP contribution in [-0.4, -0.2) is 18.5 Å². The van der Waals surface area contributed by atoms with Gasteiger partial charge in [0.25, 0.3) is 0 Å². The Bertz CT molecular complexity index is 344. The lowest BCUT2D eigenvalue weighted by Gasteiger charge is -2.59. The van der Waals surface area contributed by atoms with Gasteiger partial charge >= 0.3 is 0 Å². The van der Waals surface area contributed by atoms with E-state index in [9.17, 15) is 4.79 Å². The van der Waals surface area contributed by atoms with Crippen LogP contribution in [0.25, 0.3) is 0 Å². The van der Waals surface area contributed by atoms with Crippen LogP contribution < -0.4 is 11.1 Å². The zero-order valence-electron chi connectivity index (χ0n) is 13.0. The molecule has 20 heavy (non-hydrogen) atoms. The van der Waals surface area contributed by atoms with Crippen LogP contribution in [0, 0.1) is 29.1 Å². The Morgan fingerprint density at radius 3 is 2.10 bits per heavy atom. The molecule has 0 aliphatic heterocycles. The van der Waals surface area contributed by atoms with E-state index in [1.54, 1.807) is 0 Å². The van der Waals surface area contributed by atoms with Crippen LogP contribution in [0.4, 0.5) is 0 Å². The molecule has 4 bridgehead atoms. The summed E-state index contributed by atoms with van der Waals surface area (Å²) in [7, 11) is 0. The van der Waals surface area contributed by atoms with Crippen LogP contribution in [0.3, 0.4) is 0 Å². The summed E-state index contributed by atoms with van der Waals surface area (Å²) < 4.78 is 0. The molecule has 4 rings (SSSR count).